The molecule has 4 aromatic rings. The largest absolute Gasteiger partial charge is 0.503 e. The molecule has 206 valence electrons. The lowest BCUT2D eigenvalue weighted by molar-refractivity contribution is -0.117. The normalized spacial score (nSPS) is 15.2. The van der Waals surface area contributed by atoms with E-state index in [1.165, 1.54) is 54.4 Å². The molecule has 0 fully saturated rings. The average Bonchev–Trinajstić information content (AvgIpc) is 3.63. The van der Waals surface area contributed by atoms with Crippen LogP contribution in [0.25, 0.3) is 0 Å². The topological polar surface area (TPSA) is 115 Å². The molecule has 0 saturated carbocycles. The Kier molecular flexibility index (Phi) is 7.88. The molecule has 40 heavy (non-hydrogen) atoms. The molecule has 3 heterocycles. The van der Waals surface area contributed by atoms with Gasteiger partial charge in [-0.25, -0.2) is 9.37 Å². The standard InChI is InChI=1S/C27H23FN4O5S3/c1-13-24(39-14(2)29-13)22(33)20-21(18-10-9-17(36-3)11-19(18)37-4)32(25(35)23(20)34)26-30-31-27(40-26)38-12-15-5-7-16(28)8-6-15/h5-11,21,34H,12H2,1-4H3. The fraction of sp³-hybridized carbons (Fsp3) is 0.222. The Morgan fingerprint density at radius 2 is 1.85 bits per heavy atom. The number of carbonyl (C=O) groups excluding carboxylic acids is 2. The lowest BCUT2D eigenvalue weighted by Crippen LogP contribution is -2.31. The number of aryl methyl sites for hydroxylation is 2. The molecular formula is C27H23FN4O5S3. The highest BCUT2D eigenvalue weighted by Crippen LogP contribution is 2.47. The lowest BCUT2D eigenvalue weighted by atomic mass is 9.94. The maximum absolute atomic E-state index is 13.9. The summed E-state index contributed by atoms with van der Waals surface area (Å²) in [7, 11) is 2.98. The number of Topliss-reactive ketones (excluding diaryl/α,β-unsaturated/α-hetero) is 1. The summed E-state index contributed by atoms with van der Waals surface area (Å²) < 4.78 is 24.7. The van der Waals surface area contributed by atoms with Crippen LogP contribution in [0.2, 0.25) is 0 Å². The molecule has 1 N–H and O–H groups in total. The molecular weight excluding hydrogens is 576 g/mol. The first-order valence-electron chi connectivity index (χ1n) is 11.9. The van der Waals surface area contributed by atoms with E-state index in [0.717, 1.165) is 16.9 Å². The number of nitrogens with zero attached hydrogens (tertiary/aromatic N) is 4. The van der Waals surface area contributed by atoms with Crippen LogP contribution in [0.1, 0.15) is 37.5 Å². The van der Waals surface area contributed by atoms with Gasteiger partial charge in [-0.2, -0.15) is 0 Å². The predicted octanol–water partition coefficient (Wildman–Crippen LogP) is 5.84. The van der Waals surface area contributed by atoms with Gasteiger partial charge in [0.25, 0.3) is 5.91 Å². The van der Waals surface area contributed by atoms with E-state index >= 15 is 0 Å². The van der Waals surface area contributed by atoms with Gasteiger partial charge in [0.05, 0.1) is 35.4 Å². The predicted molar refractivity (Wildman–Crippen MR) is 151 cm³/mol. The number of aromatic nitrogens is 3. The summed E-state index contributed by atoms with van der Waals surface area (Å²) in [5.41, 5.74) is 1.76. The Morgan fingerprint density at radius 1 is 1.10 bits per heavy atom. The number of hydrogen-bond acceptors (Lipinski definition) is 11. The van der Waals surface area contributed by atoms with Gasteiger partial charge >= 0.3 is 0 Å². The molecule has 2 aromatic carbocycles. The minimum atomic E-state index is -1.05. The zero-order chi connectivity index (χ0) is 28.6. The highest BCUT2D eigenvalue weighted by atomic mass is 32.2. The number of aliphatic hydroxyl groups is 1. The Morgan fingerprint density at radius 3 is 2.50 bits per heavy atom. The van der Waals surface area contributed by atoms with Gasteiger partial charge in [0.1, 0.15) is 23.4 Å². The number of hydrogen-bond donors (Lipinski definition) is 1. The first-order valence-corrected chi connectivity index (χ1v) is 14.5. The number of rotatable bonds is 9. The molecule has 1 atom stereocenters. The molecule has 1 aliphatic rings. The summed E-state index contributed by atoms with van der Waals surface area (Å²) in [5.74, 6) is -0.895. The number of carbonyl (C=O) groups is 2. The minimum Gasteiger partial charge on any atom is -0.503 e. The molecule has 0 radical (unpaired) electrons. The SMILES string of the molecule is COc1ccc(C2C(C(=O)c3sc(C)nc3C)=C(O)C(=O)N2c2nnc(SCc3ccc(F)cc3)s2)c(OC)c1. The average molecular weight is 599 g/mol. The second-order valence-electron chi connectivity index (χ2n) is 8.69. The van der Waals surface area contributed by atoms with Crippen LogP contribution in [0.3, 0.4) is 0 Å². The van der Waals surface area contributed by atoms with Crippen LogP contribution in [-0.4, -0.2) is 46.2 Å². The van der Waals surface area contributed by atoms with E-state index < -0.39 is 23.5 Å². The zero-order valence-corrected chi connectivity index (χ0v) is 24.2. The van der Waals surface area contributed by atoms with E-state index in [1.54, 1.807) is 44.2 Å². The summed E-state index contributed by atoms with van der Waals surface area (Å²) in [4.78, 5) is 33.3. The molecule has 1 amide bonds. The van der Waals surface area contributed by atoms with E-state index in [2.05, 4.69) is 15.2 Å². The van der Waals surface area contributed by atoms with Crippen molar-refractivity contribution in [3.8, 4) is 11.5 Å². The molecule has 0 saturated heterocycles. The Balaban J connectivity index is 1.56. The van der Waals surface area contributed by atoms with Crippen LogP contribution in [0, 0.1) is 19.7 Å². The zero-order valence-electron chi connectivity index (χ0n) is 21.8. The number of anilines is 1. The van der Waals surface area contributed by atoms with Gasteiger partial charge in [-0.1, -0.05) is 35.2 Å². The molecule has 0 spiro atoms. The monoisotopic (exact) mass is 598 g/mol. The number of aliphatic hydroxyl groups excluding tert-OH is 1. The molecule has 2 aromatic heterocycles. The summed E-state index contributed by atoms with van der Waals surface area (Å²) >= 11 is 3.71. The molecule has 0 aliphatic carbocycles. The number of amides is 1. The number of ketones is 1. The van der Waals surface area contributed by atoms with Crippen LogP contribution >= 0.6 is 34.4 Å². The molecule has 9 nitrogen and oxygen atoms in total. The smallest absolute Gasteiger partial charge is 0.296 e. The Hall–Kier alpha value is -3.81. The fourth-order valence-electron chi connectivity index (χ4n) is 4.32. The molecule has 1 aliphatic heterocycles. The molecule has 5 rings (SSSR count). The number of ether oxygens (including phenoxy) is 2. The van der Waals surface area contributed by atoms with Crippen LogP contribution in [0.5, 0.6) is 11.5 Å². The summed E-state index contributed by atoms with van der Waals surface area (Å²) in [6.45, 7) is 3.49. The quantitative estimate of drug-likeness (QED) is 0.144. The van der Waals surface area contributed by atoms with Crippen molar-refractivity contribution >= 4 is 51.3 Å². The minimum absolute atomic E-state index is 0.101. The number of halogens is 1. The lowest BCUT2D eigenvalue weighted by Gasteiger charge is -2.25. The van der Waals surface area contributed by atoms with Crippen molar-refractivity contribution in [3.63, 3.8) is 0 Å². The third-order valence-corrected chi connectivity index (χ3v) is 9.37. The van der Waals surface area contributed by atoms with E-state index in [9.17, 15) is 19.1 Å². The van der Waals surface area contributed by atoms with Crippen molar-refractivity contribution in [2.24, 2.45) is 0 Å². The number of methoxy groups -OCH3 is 2. The van der Waals surface area contributed by atoms with E-state index in [1.807, 2.05) is 0 Å². The summed E-state index contributed by atoms with van der Waals surface area (Å²) in [6, 6.07) is 10.1. The van der Waals surface area contributed by atoms with Crippen molar-refractivity contribution in [1.82, 2.24) is 15.2 Å². The third kappa shape index (κ3) is 5.19. The second kappa shape index (κ2) is 11.4. The molecule has 13 heteroatoms. The maximum Gasteiger partial charge on any atom is 0.296 e. The Labute approximate surface area is 241 Å². The van der Waals surface area contributed by atoms with Crippen LogP contribution in [0.15, 0.2) is 58.1 Å². The van der Waals surface area contributed by atoms with E-state index in [-0.39, 0.29) is 16.5 Å². The van der Waals surface area contributed by atoms with Gasteiger partial charge < -0.3 is 14.6 Å². The molecule has 0 bridgehead atoms. The maximum atomic E-state index is 13.9. The van der Waals surface area contributed by atoms with E-state index in [0.29, 0.717) is 42.7 Å². The van der Waals surface area contributed by atoms with Gasteiger partial charge in [-0.3, -0.25) is 14.5 Å². The highest BCUT2D eigenvalue weighted by molar-refractivity contribution is 8.00. The van der Waals surface area contributed by atoms with Crippen LogP contribution in [-0.2, 0) is 10.5 Å². The van der Waals surface area contributed by atoms with Crippen molar-refractivity contribution in [3.05, 3.63) is 86.3 Å². The van der Waals surface area contributed by atoms with Crippen molar-refractivity contribution in [2.75, 3.05) is 19.1 Å². The number of thiazole rings is 1. The second-order valence-corrected chi connectivity index (χ2v) is 12.1. The third-order valence-electron chi connectivity index (χ3n) is 6.18. The van der Waals surface area contributed by atoms with Crippen molar-refractivity contribution in [2.45, 2.75) is 30.0 Å². The van der Waals surface area contributed by atoms with Gasteiger partial charge in [0.2, 0.25) is 10.9 Å². The van der Waals surface area contributed by atoms with Gasteiger partial charge in [-0.15, -0.1) is 21.5 Å². The molecule has 1 unspecified atom stereocenters. The highest BCUT2D eigenvalue weighted by Gasteiger charge is 2.47. The number of thioether (sulfide) groups is 1. The Bertz CT molecular complexity index is 1630. The summed E-state index contributed by atoms with van der Waals surface area (Å²) in [5, 5.41) is 20.4. The van der Waals surface area contributed by atoms with Gasteiger partial charge in [0, 0.05) is 17.4 Å². The van der Waals surface area contributed by atoms with Gasteiger partial charge in [-0.05, 0) is 43.7 Å². The van der Waals surface area contributed by atoms with Crippen LogP contribution in [0.4, 0.5) is 9.52 Å². The van der Waals surface area contributed by atoms with Crippen LogP contribution < -0.4 is 14.4 Å². The van der Waals surface area contributed by atoms with Crippen molar-refractivity contribution in [1.29, 1.82) is 0 Å². The first kappa shape index (κ1) is 27.7. The fourth-order valence-corrected chi connectivity index (χ4v) is 7.02. The number of benzene rings is 2. The van der Waals surface area contributed by atoms with Crippen molar-refractivity contribution < 1.29 is 28.6 Å². The first-order chi connectivity index (χ1) is 19.2. The summed E-state index contributed by atoms with van der Waals surface area (Å²) in [6.07, 6.45) is 0. The van der Waals surface area contributed by atoms with E-state index in [4.69, 9.17) is 9.47 Å². The van der Waals surface area contributed by atoms with Gasteiger partial charge in [0.15, 0.2) is 10.1 Å².